The van der Waals surface area contributed by atoms with Crippen LogP contribution in [0.15, 0.2) is 79.3 Å². The van der Waals surface area contributed by atoms with Gasteiger partial charge in [0.25, 0.3) is 5.91 Å². The van der Waals surface area contributed by atoms with Gasteiger partial charge in [0.05, 0.1) is 11.2 Å². The summed E-state index contributed by atoms with van der Waals surface area (Å²) in [6.45, 7) is 4.02. The highest BCUT2D eigenvalue weighted by Crippen LogP contribution is 2.15. The quantitative estimate of drug-likeness (QED) is 0.542. The molecule has 4 aromatic rings. The third-order valence-electron chi connectivity index (χ3n) is 5.48. The van der Waals surface area contributed by atoms with E-state index in [0.717, 1.165) is 55.2 Å². The highest BCUT2D eigenvalue weighted by molar-refractivity contribution is 5.94. The highest BCUT2D eigenvalue weighted by Gasteiger charge is 2.22. The average molecular weight is 385 g/mol. The van der Waals surface area contributed by atoms with Gasteiger partial charge in [-0.05, 0) is 54.6 Å². The van der Waals surface area contributed by atoms with Gasteiger partial charge in [0.2, 0.25) is 0 Å². The van der Waals surface area contributed by atoms with Crippen molar-refractivity contribution in [1.82, 2.24) is 24.0 Å². The predicted molar refractivity (Wildman–Crippen MR) is 112 cm³/mol. The van der Waals surface area contributed by atoms with Crippen molar-refractivity contribution in [3.8, 4) is 5.69 Å². The topological polar surface area (TPSA) is 45.8 Å². The summed E-state index contributed by atoms with van der Waals surface area (Å²) in [5.41, 5.74) is 3.98. The Morgan fingerprint density at radius 2 is 1.59 bits per heavy atom. The first-order valence-electron chi connectivity index (χ1n) is 9.95. The molecule has 3 aromatic heterocycles. The molecule has 0 spiro atoms. The number of fused-ring (bicyclic) bond motifs is 1. The minimum Gasteiger partial charge on any atom is -0.336 e. The maximum absolute atomic E-state index is 12.9. The Hall–Kier alpha value is -3.38. The molecular formula is C23H23N5O. The zero-order chi connectivity index (χ0) is 19.6. The van der Waals surface area contributed by atoms with E-state index in [-0.39, 0.29) is 5.91 Å². The Kier molecular flexibility index (Phi) is 4.62. The second kappa shape index (κ2) is 7.56. The third kappa shape index (κ3) is 3.67. The third-order valence-corrected chi connectivity index (χ3v) is 5.48. The molecule has 0 N–H and O–H groups in total. The van der Waals surface area contributed by atoms with Crippen LogP contribution in [-0.4, -0.2) is 56.1 Å². The smallest absolute Gasteiger partial charge is 0.253 e. The van der Waals surface area contributed by atoms with E-state index in [2.05, 4.69) is 22.1 Å². The molecule has 0 aliphatic carbocycles. The van der Waals surface area contributed by atoms with Crippen LogP contribution in [0.5, 0.6) is 0 Å². The summed E-state index contributed by atoms with van der Waals surface area (Å²) in [5, 5.41) is 4.63. The number of pyridine rings is 1. The highest BCUT2D eigenvalue weighted by atomic mass is 16.2. The summed E-state index contributed by atoms with van der Waals surface area (Å²) in [7, 11) is 0. The standard InChI is InChI=1S/C23H23N5O/c29-23(19-6-8-21(9-7-19)26-10-3-4-11-26)27-15-13-25(14-16-27)18-20-17-22-5-1-2-12-28(22)24-20/h1-12,17H,13-16,18H2. The molecule has 146 valence electrons. The fourth-order valence-electron chi connectivity index (χ4n) is 3.87. The van der Waals surface area contributed by atoms with Crippen LogP contribution in [0.25, 0.3) is 11.2 Å². The van der Waals surface area contributed by atoms with E-state index < -0.39 is 0 Å². The number of rotatable bonds is 4. The Labute approximate surface area is 169 Å². The van der Waals surface area contributed by atoms with Crippen LogP contribution in [0.3, 0.4) is 0 Å². The van der Waals surface area contributed by atoms with E-state index in [9.17, 15) is 4.79 Å². The summed E-state index contributed by atoms with van der Waals surface area (Å²) < 4.78 is 3.94. The maximum Gasteiger partial charge on any atom is 0.253 e. The van der Waals surface area contributed by atoms with Gasteiger partial charge < -0.3 is 9.47 Å². The molecule has 5 rings (SSSR count). The first kappa shape index (κ1) is 17.7. The lowest BCUT2D eigenvalue weighted by atomic mass is 10.1. The predicted octanol–water partition coefficient (Wildman–Crippen LogP) is 3.08. The summed E-state index contributed by atoms with van der Waals surface area (Å²) >= 11 is 0. The number of benzene rings is 1. The van der Waals surface area contributed by atoms with Crippen molar-refractivity contribution in [2.24, 2.45) is 0 Å². The van der Waals surface area contributed by atoms with E-state index in [0.29, 0.717) is 0 Å². The second-order valence-electron chi connectivity index (χ2n) is 7.41. The van der Waals surface area contributed by atoms with Crippen LogP contribution < -0.4 is 0 Å². The lowest BCUT2D eigenvalue weighted by molar-refractivity contribution is 0.0627. The lowest BCUT2D eigenvalue weighted by Crippen LogP contribution is -2.48. The van der Waals surface area contributed by atoms with Crippen LogP contribution in [0.1, 0.15) is 16.1 Å². The zero-order valence-electron chi connectivity index (χ0n) is 16.2. The molecule has 1 saturated heterocycles. The SMILES string of the molecule is O=C(c1ccc(-n2cccc2)cc1)N1CCN(Cc2cc3ccccn3n2)CC1. The molecule has 4 heterocycles. The molecule has 1 aliphatic heterocycles. The van der Waals surface area contributed by atoms with E-state index in [1.165, 1.54) is 0 Å². The monoisotopic (exact) mass is 385 g/mol. The summed E-state index contributed by atoms with van der Waals surface area (Å²) in [5.74, 6) is 0.108. The van der Waals surface area contributed by atoms with Crippen molar-refractivity contribution in [2.45, 2.75) is 6.54 Å². The maximum atomic E-state index is 12.9. The summed E-state index contributed by atoms with van der Waals surface area (Å²) in [6, 6.07) is 20.0. The van der Waals surface area contributed by atoms with E-state index in [1.807, 2.05) is 81.1 Å². The number of amides is 1. The molecule has 1 aliphatic rings. The number of hydrogen-bond acceptors (Lipinski definition) is 3. The van der Waals surface area contributed by atoms with Gasteiger partial charge in [-0.3, -0.25) is 9.69 Å². The van der Waals surface area contributed by atoms with E-state index >= 15 is 0 Å². The van der Waals surface area contributed by atoms with Crippen molar-refractivity contribution in [3.05, 3.63) is 90.5 Å². The minimum absolute atomic E-state index is 0.108. The second-order valence-corrected chi connectivity index (χ2v) is 7.41. The molecule has 1 fully saturated rings. The van der Waals surface area contributed by atoms with Crippen LogP contribution >= 0.6 is 0 Å². The summed E-state index contributed by atoms with van der Waals surface area (Å²) in [6.07, 6.45) is 5.97. The van der Waals surface area contributed by atoms with Crippen LogP contribution in [0.4, 0.5) is 0 Å². The number of nitrogens with zero attached hydrogens (tertiary/aromatic N) is 5. The van der Waals surface area contributed by atoms with Gasteiger partial charge in [-0.25, -0.2) is 4.52 Å². The van der Waals surface area contributed by atoms with E-state index in [4.69, 9.17) is 0 Å². The van der Waals surface area contributed by atoms with Crippen LogP contribution in [-0.2, 0) is 6.54 Å². The number of aromatic nitrogens is 3. The van der Waals surface area contributed by atoms with Gasteiger partial charge in [-0.2, -0.15) is 5.10 Å². The molecule has 6 nitrogen and oxygen atoms in total. The molecular weight excluding hydrogens is 362 g/mol. The largest absolute Gasteiger partial charge is 0.336 e. The van der Waals surface area contributed by atoms with Crippen molar-refractivity contribution >= 4 is 11.4 Å². The average Bonchev–Trinajstić information content (AvgIpc) is 3.43. The summed E-state index contributed by atoms with van der Waals surface area (Å²) in [4.78, 5) is 17.2. The van der Waals surface area contributed by atoms with Gasteiger partial charge in [0.15, 0.2) is 0 Å². The van der Waals surface area contributed by atoms with Crippen molar-refractivity contribution in [2.75, 3.05) is 26.2 Å². The molecule has 0 radical (unpaired) electrons. The van der Waals surface area contributed by atoms with Gasteiger partial charge in [0, 0.05) is 62.6 Å². The molecule has 1 aromatic carbocycles. The zero-order valence-corrected chi connectivity index (χ0v) is 16.2. The molecule has 0 bridgehead atoms. The van der Waals surface area contributed by atoms with E-state index in [1.54, 1.807) is 0 Å². The Morgan fingerprint density at radius 3 is 2.31 bits per heavy atom. The minimum atomic E-state index is 0.108. The van der Waals surface area contributed by atoms with Gasteiger partial charge in [0.1, 0.15) is 0 Å². The van der Waals surface area contributed by atoms with Gasteiger partial charge in [-0.15, -0.1) is 0 Å². The molecule has 0 unspecified atom stereocenters. The number of hydrogen-bond donors (Lipinski definition) is 0. The molecule has 29 heavy (non-hydrogen) atoms. The first-order valence-corrected chi connectivity index (χ1v) is 9.95. The number of carbonyl (C=O) groups excluding carboxylic acids is 1. The van der Waals surface area contributed by atoms with Crippen molar-refractivity contribution < 1.29 is 4.79 Å². The Bertz CT molecular complexity index is 1070. The molecule has 1 amide bonds. The molecule has 6 heteroatoms. The molecule has 0 saturated carbocycles. The van der Waals surface area contributed by atoms with Gasteiger partial charge >= 0.3 is 0 Å². The Balaban J connectivity index is 1.19. The van der Waals surface area contributed by atoms with Gasteiger partial charge in [-0.1, -0.05) is 6.07 Å². The first-order chi connectivity index (χ1) is 14.3. The lowest BCUT2D eigenvalue weighted by Gasteiger charge is -2.34. The van der Waals surface area contributed by atoms with Crippen molar-refractivity contribution in [3.63, 3.8) is 0 Å². The number of piperazine rings is 1. The van der Waals surface area contributed by atoms with Crippen molar-refractivity contribution in [1.29, 1.82) is 0 Å². The Morgan fingerprint density at radius 1 is 0.862 bits per heavy atom. The van der Waals surface area contributed by atoms with Crippen LogP contribution in [0.2, 0.25) is 0 Å². The fraction of sp³-hybridized carbons (Fsp3) is 0.217. The van der Waals surface area contributed by atoms with Crippen LogP contribution in [0, 0.1) is 0 Å². The normalized spacial score (nSPS) is 15.1. The molecule has 0 atom stereocenters. The fourth-order valence-corrected chi connectivity index (χ4v) is 3.87. The number of carbonyl (C=O) groups is 1.